The molecule has 0 aliphatic carbocycles. The number of halogens is 3. The van der Waals surface area contributed by atoms with Crippen LogP contribution in [0, 0.1) is 24.3 Å². The monoisotopic (exact) mass is 895 g/mol. The van der Waals surface area contributed by atoms with Crippen LogP contribution >= 0.6 is 0 Å². The Bertz CT molecular complexity index is 2370. The molecule has 3 aromatic rings. The van der Waals surface area contributed by atoms with Crippen molar-refractivity contribution in [1.29, 1.82) is 0 Å². The summed E-state index contributed by atoms with van der Waals surface area (Å²) in [6.07, 6.45) is 3.18. The molecule has 6 aliphatic rings. The molecule has 19 heteroatoms. The SMILES string of the molecule is [C-]#[N+]c1ccc(N2CCC(C(=O)Nc3ncc(N4CCC(CN5CCN(C[C@H]6CCN(c7ccc8c(c7)C(=O)N(C7CCC(=O)NC7=O)C8=O)C6)CC5)CC4)cn3)CC2)cc1C(F)(F)F. The molecule has 2 atom stereocenters. The van der Waals surface area contributed by atoms with Crippen LogP contribution in [0.4, 0.5) is 41.9 Å². The van der Waals surface area contributed by atoms with Crippen LogP contribution in [0.2, 0.25) is 0 Å². The Balaban J connectivity index is 0.672. The van der Waals surface area contributed by atoms with Crippen molar-refractivity contribution >= 4 is 58.2 Å². The molecule has 5 amide bonds. The number of benzene rings is 2. The Labute approximate surface area is 374 Å². The lowest BCUT2D eigenvalue weighted by Crippen LogP contribution is -2.54. The number of nitrogens with one attached hydrogen (secondary N) is 2. The number of alkyl halides is 3. The van der Waals surface area contributed by atoms with Gasteiger partial charge in [0.25, 0.3) is 11.8 Å². The third-order valence-corrected chi connectivity index (χ3v) is 14.1. The molecule has 6 aliphatic heterocycles. The van der Waals surface area contributed by atoms with Crippen molar-refractivity contribution in [3.05, 3.63) is 76.9 Å². The van der Waals surface area contributed by atoms with Crippen LogP contribution in [0.25, 0.3) is 4.85 Å². The zero-order chi connectivity index (χ0) is 45.4. The lowest BCUT2D eigenvalue weighted by atomic mass is 9.95. The normalized spacial score (nSPS) is 22.9. The highest BCUT2D eigenvalue weighted by Crippen LogP contribution is 2.40. The molecule has 0 saturated carbocycles. The zero-order valence-corrected chi connectivity index (χ0v) is 36.1. The lowest BCUT2D eigenvalue weighted by molar-refractivity contribution is -0.137. The standard InChI is InChI=1S/C46H52F3N11O5/c1-50-38-5-3-33(23-37(38)46(47,48)49)57-16-11-31(12-17-57)41(62)54-45-51-24-34(25-52-45)58-13-8-29(9-14-58)26-55-18-20-56(21-19-55)27-30-10-15-59(28-30)32-2-4-35-36(22-32)44(65)60(43(35)64)39-6-7-40(61)53-42(39)63/h2-5,22-25,29-31,39H,6-21,26-28H2,(H,53,61,63)(H,51,52,54,62)/t30-,39?/m1/s1. The minimum absolute atomic E-state index is 0.0866. The number of imide groups is 2. The van der Waals surface area contributed by atoms with E-state index in [1.54, 1.807) is 24.5 Å². The van der Waals surface area contributed by atoms with E-state index in [1.165, 1.54) is 12.1 Å². The zero-order valence-electron chi connectivity index (χ0n) is 36.1. The first-order valence-electron chi connectivity index (χ1n) is 22.6. The fourth-order valence-electron chi connectivity index (χ4n) is 10.3. The van der Waals surface area contributed by atoms with Crippen molar-refractivity contribution in [2.24, 2.45) is 17.8 Å². The minimum atomic E-state index is -4.62. The molecule has 7 heterocycles. The molecule has 5 saturated heterocycles. The summed E-state index contributed by atoms with van der Waals surface area (Å²) in [4.78, 5) is 88.1. The Hall–Kier alpha value is -6.13. The number of fused-ring (bicyclic) bond motifs is 1. The Kier molecular flexibility index (Phi) is 12.5. The van der Waals surface area contributed by atoms with Gasteiger partial charge in [-0.05, 0) is 80.7 Å². The summed E-state index contributed by atoms with van der Waals surface area (Å²) in [6.45, 7) is 17.6. The predicted octanol–water partition coefficient (Wildman–Crippen LogP) is 4.66. The maximum absolute atomic E-state index is 13.5. The number of hydrogen-bond donors (Lipinski definition) is 2. The number of carbonyl (C=O) groups excluding carboxylic acids is 5. The van der Waals surface area contributed by atoms with E-state index in [0.717, 1.165) is 107 Å². The summed E-state index contributed by atoms with van der Waals surface area (Å²) in [6, 6.07) is 8.12. The van der Waals surface area contributed by atoms with E-state index < -0.39 is 47.1 Å². The summed E-state index contributed by atoms with van der Waals surface area (Å²) in [5, 5.41) is 5.06. The highest BCUT2D eigenvalue weighted by atomic mass is 19.4. The summed E-state index contributed by atoms with van der Waals surface area (Å²) in [5.41, 5.74) is 1.42. The van der Waals surface area contributed by atoms with E-state index in [1.807, 2.05) is 11.0 Å². The summed E-state index contributed by atoms with van der Waals surface area (Å²) < 4.78 is 40.5. The van der Waals surface area contributed by atoms with Gasteiger partial charge in [-0.1, -0.05) is 6.07 Å². The highest BCUT2D eigenvalue weighted by Gasteiger charge is 2.45. The number of rotatable bonds is 10. The second kappa shape index (κ2) is 18.4. The Morgan fingerprint density at radius 2 is 1.31 bits per heavy atom. The molecule has 342 valence electrons. The second-order valence-electron chi connectivity index (χ2n) is 18.1. The first-order chi connectivity index (χ1) is 31.3. The molecule has 5 fully saturated rings. The molecular weight excluding hydrogens is 844 g/mol. The molecule has 2 N–H and O–H groups in total. The smallest absolute Gasteiger partial charge is 0.372 e. The quantitative estimate of drug-likeness (QED) is 0.215. The first-order valence-corrected chi connectivity index (χ1v) is 22.6. The van der Waals surface area contributed by atoms with Crippen molar-refractivity contribution < 1.29 is 37.1 Å². The van der Waals surface area contributed by atoms with Crippen LogP contribution in [0.3, 0.4) is 0 Å². The van der Waals surface area contributed by atoms with E-state index in [4.69, 9.17) is 6.57 Å². The van der Waals surface area contributed by atoms with Crippen LogP contribution in [0.15, 0.2) is 48.8 Å². The van der Waals surface area contributed by atoms with E-state index >= 15 is 0 Å². The largest absolute Gasteiger partial charge is 0.407 e. The van der Waals surface area contributed by atoms with Crippen molar-refractivity contribution in [2.45, 2.75) is 57.2 Å². The number of nitrogens with zero attached hydrogens (tertiary/aromatic N) is 9. The van der Waals surface area contributed by atoms with Gasteiger partial charge >= 0.3 is 6.18 Å². The van der Waals surface area contributed by atoms with Gasteiger partial charge < -0.3 is 24.5 Å². The van der Waals surface area contributed by atoms with Crippen LogP contribution < -0.4 is 25.3 Å². The average molecular weight is 896 g/mol. The van der Waals surface area contributed by atoms with Crippen molar-refractivity contribution in [2.75, 3.05) is 98.6 Å². The number of piperidine rings is 3. The second-order valence-corrected chi connectivity index (χ2v) is 18.1. The number of anilines is 4. The van der Waals surface area contributed by atoms with Crippen LogP contribution in [0.5, 0.6) is 0 Å². The van der Waals surface area contributed by atoms with E-state index in [9.17, 15) is 37.1 Å². The number of hydrogen-bond acceptors (Lipinski definition) is 12. The van der Waals surface area contributed by atoms with Gasteiger partial charge in [0.05, 0.1) is 41.3 Å². The first kappa shape index (κ1) is 44.1. The topological polar surface area (TPSA) is 159 Å². The average Bonchev–Trinajstić information content (AvgIpc) is 3.88. The molecule has 0 spiro atoms. The number of amides is 5. The maximum Gasteiger partial charge on any atom is 0.407 e. The van der Waals surface area contributed by atoms with Gasteiger partial charge in [-0.15, -0.1) is 0 Å². The van der Waals surface area contributed by atoms with Crippen LogP contribution in [0.1, 0.15) is 71.2 Å². The Morgan fingerprint density at radius 3 is 1.97 bits per heavy atom. The number of piperazine rings is 1. The minimum Gasteiger partial charge on any atom is -0.372 e. The highest BCUT2D eigenvalue weighted by molar-refractivity contribution is 6.23. The molecule has 16 nitrogen and oxygen atoms in total. The molecule has 2 aromatic carbocycles. The van der Waals surface area contributed by atoms with Gasteiger partial charge in [0.15, 0.2) is 5.69 Å². The van der Waals surface area contributed by atoms with Gasteiger partial charge in [-0.2, -0.15) is 13.2 Å². The van der Waals surface area contributed by atoms with Gasteiger partial charge in [0.1, 0.15) is 6.04 Å². The fraction of sp³-hybridized carbons (Fsp3) is 0.522. The van der Waals surface area contributed by atoms with Gasteiger partial charge in [0.2, 0.25) is 23.7 Å². The molecule has 65 heavy (non-hydrogen) atoms. The van der Waals surface area contributed by atoms with Crippen LogP contribution in [-0.4, -0.2) is 139 Å². The third kappa shape index (κ3) is 9.50. The van der Waals surface area contributed by atoms with Gasteiger partial charge in [-0.3, -0.25) is 39.5 Å². The third-order valence-electron chi connectivity index (χ3n) is 14.1. The van der Waals surface area contributed by atoms with Gasteiger partial charge in [0, 0.05) is 102 Å². The van der Waals surface area contributed by atoms with E-state index in [-0.39, 0.29) is 30.6 Å². The maximum atomic E-state index is 13.5. The Morgan fingerprint density at radius 1 is 0.723 bits per heavy atom. The summed E-state index contributed by atoms with van der Waals surface area (Å²) in [5.74, 6) is -1.21. The molecule has 0 radical (unpaired) electrons. The van der Waals surface area contributed by atoms with E-state index in [2.05, 4.69) is 45.0 Å². The predicted molar refractivity (Wildman–Crippen MR) is 235 cm³/mol. The van der Waals surface area contributed by atoms with Crippen molar-refractivity contribution in [3.63, 3.8) is 0 Å². The molecule has 1 aromatic heterocycles. The van der Waals surface area contributed by atoms with E-state index in [0.29, 0.717) is 54.6 Å². The number of aromatic nitrogens is 2. The summed E-state index contributed by atoms with van der Waals surface area (Å²) in [7, 11) is 0. The van der Waals surface area contributed by atoms with Gasteiger partial charge in [-0.25, -0.2) is 14.8 Å². The summed E-state index contributed by atoms with van der Waals surface area (Å²) >= 11 is 0. The van der Waals surface area contributed by atoms with Crippen LogP contribution in [-0.2, 0) is 20.6 Å². The fourth-order valence-corrected chi connectivity index (χ4v) is 10.3. The molecule has 9 rings (SSSR count). The lowest BCUT2D eigenvalue weighted by Gasteiger charge is -2.39. The molecule has 0 bridgehead atoms. The van der Waals surface area contributed by atoms with Crippen molar-refractivity contribution in [3.8, 4) is 0 Å². The van der Waals surface area contributed by atoms with Crippen molar-refractivity contribution in [1.82, 2.24) is 30.0 Å². The molecule has 1 unspecified atom stereocenters. The number of carbonyl (C=O) groups is 5. The molecular formula is C46H52F3N11O5.